The molecular formula is C19H17N7O4. The summed E-state index contributed by atoms with van der Waals surface area (Å²) in [6.07, 6.45) is 3.10. The maximum atomic E-state index is 12.1. The fraction of sp³-hybridized carbons (Fsp3) is 0.158. The van der Waals surface area contributed by atoms with Crippen LogP contribution in [0.2, 0.25) is 0 Å². The molecule has 0 saturated carbocycles. The maximum absolute atomic E-state index is 12.1. The van der Waals surface area contributed by atoms with Gasteiger partial charge in [0.15, 0.2) is 0 Å². The lowest BCUT2D eigenvalue weighted by Gasteiger charge is -2.09. The maximum Gasteiger partial charge on any atom is 0.432 e. The van der Waals surface area contributed by atoms with Crippen LogP contribution >= 0.6 is 0 Å². The van der Waals surface area contributed by atoms with Crippen molar-refractivity contribution in [1.29, 1.82) is 0 Å². The van der Waals surface area contributed by atoms with Crippen LogP contribution in [0.15, 0.2) is 47.4 Å². The van der Waals surface area contributed by atoms with Crippen molar-refractivity contribution in [1.82, 2.24) is 24.9 Å². The van der Waals surface area contributed by atoms with E-state index in [1.54, 1.807) is 13.1 Å². The average Bonchev–Trinajstić information content (AvgIpc) is 3.37. The Labute approximate surface area is 169 Å². The van der Waals surface area contributed by atoms with E-state index in [4.69, 9.17) is 9.63 Å². The van der Waals surface area contributed by atoms with Gasteiger partial charge in [-0.2, -0.15) is 14.8 Å². The highest BCUT2D eigenvalue weighted by Crippen LogP contribution is 2.26. The quantitative estimate of drug-likeness (QED) is 0.438. The molecule has 0 aliphatic rings. The molecule has 4 rings (SSSR count). The summed E-state index contributed by atoms with van der Waals surface area (Å²) in [6.45, 7) is 2.06. The Kier molecular flexibility index (Phi) is 5.08. The Bertz CT molecular complexity index is 1230. The first-order valence-corrected chi connectivity index (χ1v) is 9.01. The minimum atomic E-state index is -1.23. The number of benzene rings is 1. The number of carboxylic acid groups (broad SMARTS) is 1. The summed E-state index contributed by atoms with van der Waals surface area (Å²) in [5.74, 6) is 1.32. The molecule has 3 heterocycles. The summed E-state index contributed by atoms with van der Waals surface area (Å²) in [5.41, 5.74) is 1.11. The molecule has 30 heavy (non-hydrogen) atoms. The van der Waals surface area contributed by atoms with E-state index in [1.807, 2.05) is 24.3 Å². The molecule has 0 saturated heterocycles. The van der Waals surface area contributed by atoms with Crippen molar-refractivity contribution >= 4 is 34.3 Å². The van der Waals surface area contributed by atoms with E-state index in [9.17, 15) is 9.59 Å². The normalized spacial score (nSPS) is 10.8. The predicted octanol–water partition coefficient (Wildman–Crippen LogP) is 2.76. The minimum Gasteiger partial charge on any atom is -0.463 e. The van der Waals surface area contributed by atoms with E-state index in [0.717, 1.165) is 21.0 Å². The van der Waals surface area contributed by atoms with Crippen LogP contribution in [-0.2, 0) is 4.79 Å². The molecule has 4 aromatic rings. The van der Waals surface area contributed by atoms with Crippen LogP contribution in [0.1, 0.15) is 12.3 Å². The topological polar surface area (TPSA) is 148 Å². The summed E-state index contributed by atoms with van der Waals surface area (Å²) in [6, 6.07) is 7.64. The van der Waals surface area contributed by atoms with Gasteiger partial charge < -0.3 is 20.3 Å². The summed E-state index contributed by atoms with van der Waals surface area (Å²) >= 11 is 0. The number of anilines is 2. The Morgan fingerprint density at radius 1 is 1.27 bits per heavy atom. The van der Waals surface area contributed by atoms with Crippen LogP contribution in [0.25, 0.3) is 22.2 Å². The number of amides is 1. The molecule has 11 heteroatoms. The molecule has 0 atom stereocenters. The molecule has 0 spiro atoms. The van der Waals surface area contributed by atoms with Gasteiger partial charge in [0.05, 0.1) is 18.1 Å². The summed E-state index contributed by atoms with van der Waals surface area (Å²) in [4.78, 5) is 31.5. The van der Waals surface area contributed by atoms with E-state index in [2.05, 4.69) is 30.9 Å². The summed E-state index contributed by atoms with van der Waals surface area (Å²) in [7, 11) is 0. The lowest BCUT2D eigenvalue weighted by atomic mass is 10.1. The van der Waals surface area contributed by atoms with Crippen LogP contribution < -0.4 is 10.6 Å². The number of aromatic nitrogens is 5. The van der Waals surface area contributed by atoms with Gasteiger partial charge in [0, 0.05) is 37.0 Å². The second-order valence-electron chi connectivity index (χ2n) is 6.41. The molecule has 11 nitrogen and oxygen atoms in total. The molecule has 152 valence electrons. The van der Waals surface area contributed by atoms with Gasteiger partial charge in [-0.25, -0.2) is 9.78 Å². The van der Waals surface area contributed by atoms with Crippen molar-refractivity contribution in [2.75, 3.05) is 17.2 Å². The number of carbonyl (C=O) groups is 2. The fourth-order valence-corrected chi connectivity index (χ4v) is 2.87. The highest BCUT2D eigenvalue weighted by Gasteiger charge is 2.11. The van der Waals surface area contributed by atoms with E-state index >= 15 is 0 Å². The van der Waals surface area contributed by atoms with Gasteiger partial charge in [-0.1, -0.05) is 17.3 Å². The minimum absolute atomic E-state index is 0.153. The second kappa shape index (κ2) is 7.99. The number of hydrogen-bond donors (Lipinski definition) is 3. The highest BCUT2D eigenvalue weighted by atomic mass is 16.5. The third kappa shape index (κ3) is 4.09. The SMILES string of the molecule is Cc1nc(-c2ccc3ccnc(NCCC(=O)Nc4cnn(C(=O)O)c4)c3c2)no1. The first-order valence-electron chi connectivity index (χ1n) is 9.01. The van der Waals surface area contributed by atoms with Crippen LogP contribution in [0.4, 0.5) is 16.3 Å². The summed E-state index contributed by atoms with van der Waals surface area (Å²) < 4.78 is 5.76. The average molecular weight is 407 g/mol. The van der Waals surface area contributed by atoms with Crippen LogP contribution in [0.5, 0.6) is 0 Å². The van der Waals surface area contributed by atoms with Gasteiger partial charge in [-0.05, 0) is 17.5 Å². The molecule has 0 radical (unpaired) electrons. The van der Waals surface area contributed by atoms with Crippen molar-refractivity contribution in [3.8, 4) is 11.4 Å². The van der Waals surface area contributed by atoms with Gasteiger partial charge in [0.2, 0.25) is 17.6 Å². The molecule has 3 N–H and O–H groups in total. The zero-order chi connectivity index (χ0) is 21.1. The number of nitrogens with zero attached hydrogens (tertiary/aromatic N) is 5. The zero-order valence-electron chi connectivity index (χ0n) is 15.9. The number of hydrogen-bond acceptors (Lipinski definition) is 8. The molecule has 0 fully saturated rings. The third-order valence-electron chi connectivity index (χ3n) is 4.26. The fourth-order valence-electron chi connectivity index (χ4n) is 2.87. The van der Waals surface area contributed by atoms with E-state index in [1.165, 1.54) is 12.4 Å². The number of nitrogens with one attached hydrogen (secondary N) is 2. The van der Waals surface area contributed by atoms with Gasteiger partial charge >= 0.3 is 6.09 Å². The Morgan fingerprint density at radius 2 is 2.13 bits per heavy atom. The Balaban J connectivity index is 1.43. The highest BCUT2D eigenvalue weighted by molar-refractivity contribution is 5.95. The second-order valence-corrected chi connectivity index (χ2v) is 6.41. The lowest BCUT2D eigenvalue weighted by molar-refractivity contribution is -0.115. The Hall–Kier alpha value is -4.28. The largest absolute Gasteiger partial charge is 0.463 e. The molecular weight excluding hydrogens is 390 g/mol. The third-order valence-corrected chi connectivity index (χ3v) is 4.26. The van der Waals surface area contributed by atoms with Crippen LogP contribution in [0, 0.1) is 6.92 Å². The number of pyridine rings is 1. The van der Waals surface area contributed by atoms with Crippen LogP contribution in [0.3, 0.4) is 0 Å². The van der Waals surface area contributed by atoms with Crippen molar-refractivity contribution < 1.29 is 19.2 Å². The van der Waals surface area contributed by atoms with E-state index in [0.29, 0.717) is 29.8 Å². The van der Waals surface area contributed by atoms with Crippen molar-refractivity contribution in [3.63, 3.8) is 0 Å². The molecule has 3 aromatic heterocycles. The molecule has 0 bridgehead atoms. The molecule has 1 aromatic carbocycles. The number of rotatable bonds is 6. The van der Waals surface area contributed by atoms with Gasteiger partial charge in [-0.15, -0.1) is 0 Å². The summed E-state index contributed by atoms with van der Waals surface area (Å²) in [5, 5.41) is 24.0. The standard InChI is InChI=1S/C19H17N7O4/c1-11-23-17(25-30-11)13-3-2-12-4-6-20-18(15(12)8-13)21-7-5-16(27)24-14-9-22-26(10-14)19(28)29/h2-4,6,8-10H,5,7H2,1H3,(H,20,21)(H,24,27)(H,28,29). The van der Waals surface area contributed by atoms with E-state index < -0.39 is 6.09 Å². The van der Waals surface area contributed by atoms with Gasteiger partial charge in [-0.3, -0.25) is 4.79 Å². The van der Waals surface area contributed by atoms with Crippen molar-refractivity contribution in [2.45, 2.75) is 13.3 Å². The van der Waals surface area contributed by atoms with Gasteiger partial charge in [0.1, 0.15) is 5.82 Å². The van der Waals surface area contributed by atoms with Crippen molar-refractivity contribution in [3.05, 3.63) is 48.7 Å². The molecule has 0 aliphatic heterocycles. The van der Waals surface area contributed by atoms with Gasteiger partial charge in [0.25, 0.3) is 0 Å². The van der Waals surface area contributed by atoms with E-state index in [-0.39, 0.29) is 12.3 Å². The lowest BCUT2D eigenvalue weighted by Crippen LogP contribution is -2.16. The number of carbonyl (C=O) groups excluding carboxylic acids is 1. The van der Waals surface area contributed by atoms with Crippen molar-refractivity contribution in [2.24, 2.45) is 0 Å². The molecule has 1 amide bonds. The zero-order valence-corrected chi connectivity index (χ0v) is 15.9. The first kappa shape index (κ1) is 19.1. The van der Waals surface area contributed by atoms with Crippen LogP contribution in [-0.4, -0.2) is 48.6 Å². The molecule has 0 aliphatic carbocycles. The monoisotopic (exact) mass is 407 g/mol. The molecule has 0 unspecified atom stereocenters. The number of fused-ring (bicyclic) bond motifs is 1. The number of aryl methyl sites for hydroxylation is 1. The smallest absolute Gasteiger partial charge is 0.432 e. The predicted molar refractivity (Wildman–Crippen MR) is 107 cm³/mol. The Morgan fingerprint density at radius 3 is 2.87 bits per heavy atom. The first-order chi connectivity index (χ1) is 14.5.